The molecule has 0 aromatic heterocycles. The van der Waals surface area contributed by atoms with Gasteiger partial charge in [-0.15, -0.1) is 0 Å². The van der Waals surface area contributed by atoms with Gasteiger partial charge in [0.1, 0.15) is 0 Å². The van der Waals surface area contributed by atoms with Crippen LogP contribution >= 0.6 is 0 Å². The smallest absolute Gasteiger partial charge is 0.376 e. The molecule has 0 aromatic rings. The second-order valence-electron chi connectivity index (χ2n) is 3.36. The SMILES string of the molecule is CCOC(=O)/C=C1/OC(=C=O)OC1(C)C. The van der Waals surface area contributed by atoms with Crippen molar-refractivity contribution in [1.82, 2.24) is 0 Å². The Balaban J connectivity index is 2.86. The highest BCUT2D eigenvalue weighted by Crippen LogP contribution is 2.33. The molecular formula is C10H12O5. The largest absolute Gasteiger partial charge is 0.463 e. The Hall–Kier alpha value is -1.74. The lowest BCUT2D eigenvalue weighted by atomic mass is 10.1. The molecule has 0 spiro atoms. The highest BCUT2D eigenvalue weighted by atomic mass is 16.7. The van der Waals surface area contributed by atoms with E-state index in [0.717, 1.165) is 6.08 Å². The highest BCUT2D eigenvalue weighted by Gasteiger charge is 2.38. The van der Waals surface area contributed by atoms with Crippen LogP contribution < -0.4 is 0 Å². The van der Waals surface area contributed by atoms with Crippen LogP contribution in [-0.4, -0.2) is 24.1 Å². The molecule has 0 aromatic carbocycles. The summed E-state index contributed by atoms with van der Waals surface area (Å²) >= 11 is 0. The molecule has 0 amide bonds. The van der Waals surface area contributed by atoms with Crippen LogP contribution in [0.15, 0.2) is 17.8 Å². The number of carbonyl (C=O) groups excluding carboxylic acids is 2. The average Bonchev–Trinajstić information content (AvgIpc) is 2.42. The lowest BCUT2D eigenvalue weighted by molar-refractivity contribution is -0.137. The summed E-state index contributed by atoms with van der Waals surface area (Å²) in [4.78, 5) is 21.4. The van der Waals surface area contributed by atoms with Gasteiger partial charge in [-0.1, -0.05) is 0 Å². The van der Waals surface area contributed by atoms with Crippen molar-refractivity contribution in [2.75, 3.05) is 6.61 Å². The number of hydrogen-bond donors (Lipinski definition) is 0. The standard InChI is InChI=1S/C10H12O5/c1-4-13-8(12)5-7-10(2,3)15-9(6-11)14-7/h5H,4H2,1-3H3/b7-5+. The average molecular weight is 212 g/mol. The Morgan fingerprint density at radius 3 is 2.73 bits per heavy atom. The monoisotopic (exact) mass is 212 g/mol. The summed E-state index contributed by atoms with van der Waals surface area (Å²) in [6.45, 7) is 5.31. The third-order valence-electron chi connectivity index (χ3n) is 1.76. The van der Waals surface area contributed by atoms with Crippen LogP contribution in [0.2, 0.25) is 0 Å². The van der Waals surface area contributed by atoms with E-state index in [-0.39, 0.29) is 18.3 Å². The molecule has 1 fully saturated rings. The molecule has 15 heavy (non-hydrogen) atoms. The van der Waals surface area contributed by atoms with E-state index in [1.807, 2.05) is 0 Å². The van der Waals surface area contributed by atoms with Gasteiger partial charge in [0.25, 0.3) is 0 Å². The van der Waals surface area contributed by atoms with Crippen molar-refractivity contribution in [2.45, 2.75) is 26.4 Å². The quantitative estimate of drug-likeness (QED) is 0.387. The number of esters is 1. The minimum atomic E-state index is -0.848. The summed E-state index contributed by atoms with van der Waals surface area (Å²) in [5, 5.41) is 0. The Morgan fingerprint density at radius 2 is 2.27 bits per heavy atom. The van der Waals surface area contributed by atoms with Crippen molar-refractivity contribution >= 4 is 11.9 Å². The van der Waals surface area contributed by atoms with Gasteiger partial charge in [0, 0.05) is 0 Å². The topological polar surface area (TPSA) is 61.8 Å². The molecule has 0 bridgehead atoms. The fraction of sp³-hybridized carbons (Fsp3) is 0.500. The molecule has 82 valence electrons. The molecule has 1 rings (SSSR count). The Labute approximate surface area is 87.3 Å². The Kier molecular flexibility index (Phi) is 3.17. The number of rotatable bonds is 2. The molecule has 1 aliphatic rings. The van der Waals surface area contributed by atoms with Crippen LogP contribution in [-0.2, 0) is 23.8 Å². The zero-order valence-electron chi connectivity index (χ0n) is 8.83. The van der Waals surface area contributed by atoms with Gasteiger partial charge >= 0.3 is 11.9 Å². The lowest BCUT2D eigenvalue weighted by Gasteiger charge is -2.13. The predicted molar refractivity (Wildman–Crippen MR) is 50.2 cm³/mol. The summed E-state index contributed by atoms with van der Waals surface area (Å²) in [7, 11) is 0. The van der Waals surface area contributed by atoms with Gasteiger partial charge in [-0.3, -0.25) is 0 Å². The molecule has 1 aliphatic heterocycles. The summed E-state index contributed by atoms with van der Waals surface area (Å²) in [6.07, 6.45) is 1.16. The van der Waals surface area contributed by atoms with Gasteiger partial charge in [-0.2, -0.15) is 0 Å². The predicted octanol–water partition coefficient (Wildman–Crippen LogP) is 0.932. The van der Waals surface area contributed by atoms with E-state index in [1.165, 1.54) is 5.94 Å². The number of hydrogen-bond acceptors (Lipinski definition) is 5. The normalized spacial score (nSPS) is 20.5. The molecule has 5 nitrogen and oxygen atoms in total. The van der Waals surface area contributed by atoms with Crippen LogP contribution in [0.5, 0.6) is 0 Å². The maximum Gasteiger partial charge on any atom is 0.376 e. The summed E-state index contributed by atoms with van der Waals surface area (Å²) in [6, 6.07) is 0. The van der Waals surface area contributed by atoms with Gasteiger partial charge in [0.2, 0.25) is 5.94 Å². The van der Waals surface area contributed by atoms with Crippen LogP contribution in [0.4, 0.5) is 0 Å². The summed E-state index contributed by atoms with van der Waals surface area (Å²) in [5.74, 6) is 0.920. The van der Waals surface area contributed by atoms with Crippen molar-refractivity contribution in [1.29, 1.82) is 0 Å². The van der Waals surface area contributed by atoms with Gasteiger partial charge in [-0.05, 0) is 20.8 Å². The second kappa shape index (κ2) is 4.19. The third kappa shape index (κ3) is 2.60. The minimum Gasteiger partial charge on any atom is -0.463 e. The molecule has 0 unspecified atom stereocenters. The molecule has 0 saturated carbocycles. The number of carbonyl (C=O) groups is 1. The summed E-state index contributed by atoms with van der Waals surface area (Å²) in [5.41, 5.74) is -0.848. The maximum atomic E-state index is 11.1. The zero-order chi connectivity index (χ0) is 11.5. The summed E-state index contributed by atoms with van der Waals surface area (Å²) < 4.78 is 14.8. The molecule has 0 aliphatic carbocycles. The highest BCUT2D eigenvalue weighted by molar-refractivity contribution is 5.83. The van der Waals surface area contributed by atoms with E-state index in [1.54, 1.807) is 20.8 Å². The molecule has 0 atom stereocenters. The first-order valence-electron chi connectivity index (χ1n) is 4.50. The molecular weight excluding hydrogens is 200 g/mol. The fourth-order valence-electron chi connectivity index (χ4n) is 1.06. The van der Waals surface area contributed by atoms with Crippen molar-refractivity contribution in [2.24, 2.45) is 0 Å². The third-order valence-corrected chi connectivity index (χ3v) is 1.76. The molecule has 0 radical (unpaired) electrons. The van der Waals surface area contributed by atoms with Gasteiger partial charge in [-0.25, -0.2) is 9.59 Å². The van der Waals surface area contributed by atoms with Crippen molar-refractivity contribution < 1.29 is 23.8 Å². The van der Waals surface area contributed by atoms with Crippen LogP contribution in [0.3, 0.4) is 0 Å². The van der Waals surface area contributed by atoms with Gasteiger partial charge in [0.15, 0.2) is 11.4 Å². The molecule has 0 N–H and O–H groups in total. The maximum absolute atomic E-state index is 11.1. The first-order chi connectivity index (χ1) is 6.99. The lowest BCUT2D eigenvalue weighted by Crippen LogP contribution is -2.20. The molecule has 1 heterocycles. The second-order valence-corrected chi connectivity index (χ2v) is 3.36. The first-order valence-corrected chi connectivity index (χ1v) is 4.50. The van der Waals surface area contributed by atoms with E-state index in [4.69, 9.17) is 14.2 Å². The minimum absolute atomic E-state index is 0.235. The van der Waals surface area contributed by atoms with Crippen LogP contribution in [0.25, 0.3) is 0 Å². The van der Waals surface area contributed by atoms with E-state index >= 15 is 0 Å². The van der Waals surface area contributed by atoms with Crippen LogP contribution in [0.1, 0.15) is 20.8 Å². The van der Waals surface area contributed by atoms with E-state index in [9.17, 15) is 9.59 Å². The molecule has 5 heteroatoms. The van der Waals surface area contributed by atoms with Crippen molar-refractivity contribution in [3.63, 3.8) is 0 Å². The van der Waals surface area contributed by atoms with E-state index < -0.39 is 11.6 Å². The Morgan fingerprint density at radius 1 is 1.60 bits per heavy atom. The number of ether oxygens (including phenoxy) is 3. The van der Waals surface area contributed by atoms with Gasteiger partial charge in [0.05, 0.1) is 12.7 Å². The zero-order valence-corrected chi connectivity index (χ0v) is 8.83. The van der Waals surface area contributed by atoms with Crippen molar-refractivity contribution in [3.8, 4) is 0 Å². The van der Waals surface area contributed by atoms with E-state index in [0.29, 0.717) is 0 Å². The Bertz CT molecular complexity index is 347. The fourth-order valence-corrected chi connectivity index (χ4v) is 1.06. The van der Waals surface area contributed by atoms with E-state index in [2.05, 4.69) is 0 Å². The van der Waals surface area contributed by atoms with Crippen LogP contribution in [0, 0.1) is 0 Å². The molecule has 1 saturated heterocycles. The first kappa shape index (κ1) is 11.3. The van der Waals surface area contributed by atoms with Crippen molar-refractivity contribution in [3.05, 3.63) is 17.8 Å². The van der Waals surface area contributed by atoms with Gasteiger partial charge < -0.3 is 14.2 Å².